The molecule has 11 heteroatoms. The summed E-state index contributed by atoms with van der Waals surface area (Å²) < 4.78 is 17.1. The van der Waals surface area contributed by atoms with Crippen LogP contribution in [0.25, 0.3) is 141 Å². The molecule has 0 unspecified atom stereocenters. The van der Waals surface area contributed by atoms with Crippen molar-refractivity contribution in [2.45, 2.75) is 0 Å². The largest absolute Gasteiger partial charge is 0.309 e. The van der Waals surface area contributed by atoms with Crippen LogP contribution in [0, 0.1) is 5.82 Å². The van der Waals surface area contributed by atoms with Gasteiger partial charge in [-0.25, -0.2) is 49.2 Å². The lowest BCUT2D eigenvalue weighted by molar-refractivity contribution is 0.628. The van der Waals surface area contributed by atoms with Crippen molar-refractivity contribution < 1.29 is 4.39 Å². The zero-order valence-electron chi connectivity index (χ0n) is 42.7. The summed E-state index contributed by atoms with van der Waals surface area (Å²) in [5, 5.41) is 1.88. The van der Waals surface area contributed by atoms with Crippen LogP contribution < -0.4 is 0 Å². The molecule has 0 saturated carbocycles. The summed E-state index contributed by atoms with van der Waals surface area (Å²) in [6.07, 6.45) is 0. The zero-order valence-corrected chi connectivity index (χ0v) is 42.7. The molecule has 0 fully saturated rings. The molecule has 4 aromatic heterocycles. The summed E-state index contributed by atoms with van der Waals surface area (Å²) >= 11 is 0. The van der Waals surface area contributed by atoms with Gasteiger partial charge in [0.1, 0.15) is 5.82 Å². The number of fused-ring (bicyclic) bond motifs is 3. The van der Waals surface area contributed by atoms with E-state index in [-0.39, 0.29) is 5.82 Å². The Morgan fingerprint density at radius 2 is 0.512 bits per heavy atom. The molecule has 0 aliphatic heterocycles. The molecule has 0 N–H and O–H groups in total. The summed E-state index contributed by atoms with van der Waals surface area (Å²) in [6, 6.07) is 85.2. The molecule has 0 aliphatic rings. The Labute approximate surface area is 459 Å². The first-order valence-electron chi connectivity index (χ1n) is 26.1. The third-order valence-corrected chi connectivity index (χ3v) is 14.0. The number of rotatable bonds is 11. The smallest absolute Gasteiger partial charge is 0.164 e. The van der Waals surface area contributed by atoms with Gasteiger partial charge in [0, 0.05) is 66.5 Å². The summed E-state index contributed by atoms with van der Waals surface area (Å²) in [5.41, 5.74) is 11.8. The lowest BCUT2D eigenvalue weighted by Gasteiger charge is -2.16. The van der Waals surface area contributed by atoms with E-state index in [1.807, 2.05) is 182 Å². The maximum absolute atomic E-state index is 14.8. The number of hydrogen-bond acceptors (Lipinski definition) is 9. The second kappa shape index (κ2) is 20.5. The van der Waals surface area contributed by atoms with Gasteiger partial charge in [-0.1, -0.05) is 194 Å². The van der Waals surface area contributed by atoms with Crippen molar-refractivity contribution in [1.82, 2.24) is 49.4 Å². The van der Waals surface area contributed by atoms with Crippen LogP contribution in [0.1, 0.15) is 0 Å². The fourth-order valence-electron chi connectivity index (χ4n) is 10.1. The van der Waals surface area contributed by atoms with Crippen LogP contribution in [0.15, 0.2) is 261 Å². The Kier molecular flexibility index (Phi) is 12.1. The lowest BCUT2D eigenvalue weighted by atomic mass is 9.98. The molecule has 14 aromatic rings. The predicted molar refractivity (Wildman–Crippen MR) is 315 cm³/mol. The molecule has 4 heterocycles. The van der Waals surface area contributed by atoms with Crippen molar-refractivity contribution in [2.24, 2.45) is 0 Å². The minimum atomic E-state index is -0.340. The third kappa shape index (κ3) is 9.20. The van der Waals surface area contributed by atoms with E-state index in [1.165, 1.54) is 12.1 Å². The number of hydrogen-bond donors (Lipinski definition) is 0. The summed E-state index contributed by atoms with van der Waals surface area (Å²) in [6.45, 7) is 0. The van der Waals surface area contributed by atoms with Gasteiger partial charge in [-0.3, -0.25) is 0 Å². The molecular weight excluding hydrogens is 988 g/mol. The average molecular weight is 1030 g/mol. The topological polar surface area (TPSA) is 121 Å². The standard InChI is InChI=1S/C69H43FN10/c70-53-35-31-44(32-36-53)56-43-54(37-38-55(56)69-78-65(49-27-15-5-16-28-49)73-66(79-69)50-29-17-6-18-30-50)80-59-39-33-51(67-74-61(45-19-7-1-8-20-45)71-62(75-67)46-21-9-2-10-22-46)41-57(59)58-42-52(34-40-60(58)80)68-76-63(47-23-11-3-12-24-47)72-64(77-68)48-25-13-4-14-26-48/h1-43H. The van der Waals surface area contributed by atoms with Crippen molar-refractivity contribution in [3.63, 3.8) is 0 Å². The fraction of sp³-hybridized carbons (Fsp3) is 0. The van der Waals surface area contributed by atoms with E-state index in [4.69, 9.17) is 44.9 Å². The van der Waals surface area contributed by atoms with Gasteiger partial charge in [0.2, 0.25) is 0 Å². The molecule has 0 aliphatic carbocycles. The quantitative estimate of drug-likeness (QED) is 0.125. The summed E-state index contributed by atoms with van der Waals surface area (Å²) in [7, 11) is 0. The highest BCUT2D eigenvalue weighted by Gasteiger charge is 2.22. The minimum absolute atomic E-state index is 0.340. The van der Waals surface area contributed by atoms with Crippen molar-refractivity contribution in [3.8, 4) is 119 Å². The number of aromatic nitrogens is 10. The Morgan fingerprint density at radius 1 is 0.225 bits per heavy atom. The van der Waals surface area contributed by atoms with E-state index in [0.717, 1.165) is 88.7 Å². The molecule has 0 amide bonds. The van der Waals surface area contributed by atoms with Gasteiger partial charge in [0.25, 0.3) is 0 Å². The van der Waals surface area contributed by atoms with Crippen LogP contribution in [0.3, 0.4) is 0 Å². The first-order valence-corrected chi connectivity index (χ1v) is 26.1. The molecule has 0 radical (unpaired) electrons. The van der Waals surface area contributed by atoms with Gasteiger partial charge in [-0.2, -0.15) is 0 Å². The molecule has 10 aromatic carbocycles. The lowest BCUT2D eigenvalue weighted by Crippen LogP contribution is -2.02. The fourth-order valence-corrected chi connectivity index (χ4v) is 10.1. The maximum atomic E-state index is 14.8. The monoisotopic (exact) mass is 1030 g/mol. The SMILES string of the molecule is Fc1ccc(-c2cc(-n3c4ccc(-c5nc(-c6ccccc6)nc(-c6ccccc6)n5)cc4c4cc(-c5nc(-c6ccccc6)nc(-c6ccccc6)n5)ccc43)ccc2-c2nc(-c3ccccc3)nc(-c3ccccc3)n2)cc1. The zero-order chi connectivity index (χ0) is 53.4. The summed E-state index contributed by atoms with van der Waals surface area (Å²) in [4.78, 5) is 45.8. The van der Waals surface area contributed by atoms with E-state index in [1.54, 1.807) is 12.1 Å². The van der Waals surface area contributed by atoms with E-state index in [9.17, 15) is 4.39 Å². The number of halogens is 1. The molecule has 80 heavy (non-hydrogen) atoms. The second-order valence-electron chi connectivity index (χ2n) is 19.2. The molecule has 10 nitrogen and oxygen atoms in total. The highest BCUT2D eigenvalue weighted by atomic mass is 19.1. The summed E-state index contributed by atoms with van der Waals surface area (Å²) in [5.74, 6) is 4.52. The average Bonchev–Trinajstić information content (AvgIpc) is 3.96. The highest BCUT2D eigenvalue weighted by Crippen LogP contribution is 2.41. The van der Waals surface area contributed by atoms with Crippen molar-refractivity contribution in [1.29, 1.82) is 0 Å². The van der Waals surface area contributed by atoms with E-state index >= 15 is 0 Å². The highest BCUT2D eigenvalue weighted by molar-refractivity contribution is 6.11. The number of benzene rings is 10. The Hall–Kier alpha value is -11.0. The van der Waals surface area contributed by atoms with Gasteiger partial charge in [0.15, 0.2) is 52.4 Å². The Balaban J connectivity index is 1.00. The molecule has 0 saturated heterocycles. The Morgan fingerprint density at radius 3 is 0.838 bits per heavy atom. The van der Waals surface area contributed by atoms with Crippen LogP contribution in [0.2, 0.25) is 0 Å². The molecule has 0 spiro atoms. The van der Waals surface area contributed by atoms with Gasteiger partial charge < -0.3 is 4.57 Å². The molecule has 0 atom stereocenters. The van der Waals surface area contributed by atoms with Crippen LogP contribution in [0.5, 0.6) is 0 Å². The second-order valence-corrected chi connectivity index (χ2v) is 19.2. The van der Waals surface area contributed by atoms with E-state index in [0.29, 0.717) is 52.4 Å². The Bertz CT molecular complexity index is 4210. The van der Waals surface area contributed by atoms with Crippen LogP contribution >= 0.6 is 0 Å². The maximum Gasteiger partial charge on any atom is 0.164 e. The molecule has 0 bridgehead atoms. The normalized spacial score (nSPS) is 11.3. The molecule has 376 valence electrons. The van der Waals surface area contributed by atoms with Crippen LogP contribution in [0.4, 0.5) is 4.39 Å². The minimum Gasteiger partial charge on any atom is -0.309 e. The number of nitrogens with zero attached hydrogens (tertiary/aromatic N) is 10. The van der Waals surface area contributed by atoms with Crippen molar-refractivity contribution >= 4 is 21.8 Å². The van der Waals surface area contributed by atoms with Gasteiger partial charge in [-0.15, -0.1) is 0 Å². The third-order valence-electron chi connectivity index (χ3n) is 14.0. The van der Waals surface area contributed by atoms with Crippen LogP contribution in [-0.2, 0) is 0 Å². The van der Waals surface area contributed by atoms with Crippen molar-refractivity contribution in [3.05, 3.63) is 267 Å². The first kappa shape index (κ1) is 47.4. The van der Waals surface area contributed by atoms with Gasteiger partial charge in [-0.05, 0) is 77.9 Å². The molecule has 14 rings (SSSR count). The van der Waals surface area contributed by atoms with Gasteiger partial charge in [0.05, 0.1) is 11.0 Å². The first-order chi connectivity index (χ1) is 39.5. The van der Waals surface area contributed by atoms with Gasteiger partial charge >= 0.3 is 0 Å². The van der Waals surface area contributed by atoms with Crippen molar-refractivity contribution in [2.75, 3.05) is 0 Å². The predicted octanol–water partition coefficient (Wildman–Crippen LogP) is 16.1. The van der Waals surface area contributed by atoms with Crippen LogP contribution in [-0.4, -0.2) is 49.4 Å². The molecular formula is C69H43FN10. The van der Waals surface area contributed by atoms with E-state index < -0.39 is 0 Å². The van der Waals surface area contributed by atoms with E-state index in [2.05, 4.69) is 59.2 Å².